The maximum absolute atomic E-state index is 12.0. The van der Waals surface area contributed by atoms with Crippen molar-refractivity contribution in [2.75, 3.05) is 20.0 Å². The van der Waals surface area contributed by atoms with Crippen LogP contribution in [0.3, 0.4) is 0 Å². The molecule has 23 heavy (non-hydrogen) atoms. The zero-order valence-corrected chi connectivity index (χ0v) is 13.5. The Morgan fingerprint density at radius 2 is 1.26 bits per heavy atom. The van der Waals surface area contributed by atoms with E-state index in [1.807, 2.05) is 0 Å². The molecule has 0 unspecified atom stereocenters. The molecule has 2 aromatic rings. The van der Waals surface area contributed by atoms with Crippen LogP contribution >= 0.6 is 0 Å². The Kier molecular flexibility index (Phi) is 5.23. The predicted octanol–water partition coefficient (Wildman–Crippen LogP) is 2.30. The second-order valence-corrected chi connectivity index (χ2v) is 6.18. The number of rotatable bonds is 7. The van der Waals surface area contributed by atoms with Gasteiger partial charge in [-0.1, -0.05) is 0 Å². The molecule has 2 rings (SSSR count). The van der Waals surface area contributed by atoms with Crippen molar-refractivity contribution in [2.45, 2.75) is 0 Å². The van der Waals surface area contributed by atoms with Gasteiger partial charge in [0.25, 0.3) is 0 Å². The molecule has 0 atom stereocenters. The van der Waals surface area contributed by atoms with E-state index in [1.165, 1.54) is 38.5 Å². The normalized spacial score (nSPS) is 10.9. The van der Waals surface area contributed by atoms with Crippen molar-refractivity contribution < 1.29 is 26.9 Å². The lowest BCUT2D eigenvalue weighted by molar-refractivity contribution is 0.101. The number of hydrogen-bond donors (Lipinski definition) is 0. The molecule has 0 amide bonds. The number of hydrogen-bond acceptors (Lipinski definition) is 6. The SMILES string of the molecule is COc1ccc(OS(=O)(=O)CC(=O)c2ccc(OC)cc2)cc1. The summed E-state index contributed by atoms with van der Waals surface area (Å²) in [6.45, 7) is 0. The highest BCUT2D eigenvalue weighted by atomic mass is 32.2. The first-order chi connectivity index (χ1) is 10.9. The standard InChI is InChI=1S/C16H16O6S/c1-20-13-5-3-12(4-6-13)16(17)11-23(18,19)22-15-9-7-14(21-2)8-10-15/h3-10H,11H2,1-2H3. The smallest absolute Gasteiger partial charge is 0.316 e. The summed E-state index contributed by atoms with van der Waals surface area (Å²) in [4.78, 5) is 12.0. The van der Waals surface area contributed by atoms with Crippen LogP contribution in [0.5, 0.6) is 17.2 Å². The number of carbonyl (C=O) groups is 1. The second kappa shape index (κ2) is 7.15. The van der Waals surface area contributed by atoms with Gasteiger partial charge in [0.05, 0.1) is 14.2 Å². The quantitative estimate of drug-likeness (QED) is 0.570. The van der Waals surface area contributed by atoms with Gasteiger partial charge in [0.2, 0.25) is 0 Å². The average molecular weight is 336 g/mol. The van der Waals surface area contributed by atoms with Gasteiger partial charge in [0.15, 0.2) is 5.78 Å². The molecule has 0 saturated heterocycles. The van der Waals surface area contributed by atoms with E-state index in [9.17, 15) is 13.2 Å². The highest BCUT2D eigenvalue weighted by molar-refractivity contribution is 7.87. The molecular formula is C16H16O6S. The van der Waals surface area contributed by atoms with E-state index in [0.717, 1.165) is 0 Å². The van der Waals surface area contributed by atoms with E-state index >= 15 is 0 Å². The van der Waals surface area contributed by atoms with Crippen molar-refractivity contribution in [3.8, 4) is 17.2 Å². The Bertz CT molecular complexity index is 763. The van der Waals surface area contributed by atoms with Crippen molar-refractivity contribution in [3.05, 3.63) is 54.1 Å². The average Bonchev–Trinajstić information content (AvgIpc) is 2.54. The zero-order valence-electron chi connectivity index (χ0n) is 12.7. The van der Waals surface area contributed by atoms with Gasteiger partial charge in [-0.05, 0) is 48.5 Å². The maximum Gasteiger partial charge on any atom is 0.316 e. The predicted molar refractivity (Wildman–Crippen MR) is 84.7 cm³/mol. The van der Waals surface area contributed by atoms with Crippen molar-refractivity contribution in [3.63, 3.8) is 0 Å². The van der Waals surface area contributed by atoms with Crippen LogP contribution < -0.4 is 13.7 Å². The van der Waals surface area contributed by atoms with Gasteiger partial charge in [-0.15, -0.1) is 0 Å². The number of carbonyl (C=O) groups excluding carboxylic acids is 1. The first kappa shape index (κ1) is 16.8. The minimum atomic E-state index is -4.04. The topological polar surface area (TPSA) is 78.9 Å². The van der Waals surface area contributed by atoms with Crippen LogP contribution in [0.2, 0.25) is 0 Å². The third kappa shape index (κ3) is 4.72. The largest absolute Gasteiger partial charge is 0.497 e. The minimum Gasteiger partial charge on any atom is -0.497 e. The summed E-state index contributed by atoms with van der Waals surface area (Å²) in [5.74, 6) is -0.0248. The summed E-state index contributed by atoms with van der Waals surface area (Å²) >= 11 is 0. The molecule has 0 heterocycles. The van der Waals surface area contributed by atoms with Gasteiger partial charge in [0.1, 0.15) is 23.0 Å². The van der Waals surface area contributed by atoms with Crippen LogP contribution in [0.25, 0.3) is 0 Å². The van der Waals surface area contributed by atoms with E-state index in [4.69, 9.17) is 13.7 Å². The van der Waals surface area contributed by atoms with Crippen LogP contribution in [0.1, 0.15) is 10.4 Å². The van der Waals surface area contributed by atoms with Crippen molar-refractivity contribution in [1.82, 2.24) is 0 Å². The highest BCUT2D eigenvalue weighted by Gasteiger charge is 2.20. The van der Waals surface area contributed by atoms with Gasteiger partial charge in [-0.25, -0.2) is 0 Å². The second-order valence-electron chi connectivity index (χ2n) is 4.61. The molecule has 7 heteroatoms. The Balaban J connectivity index is 2.05. The Labute approximate surface area is 134 Å². The molecule has 0 aliphatic heterocycles. The van der Waals surface area contributed by atoms with Crippen LogP contribution in [-0.4, -0.2) is 34.2 Å². The number of Topliss-reactive ketones (excluding diaryl/α,β-unsaturated/α-hetero) is 1. The van der Waals surface area contributed by atoms with Gasteiger partial charge in [0, 0.05) is 5.56 Å². The monoisotopic (exact) mass is 336 g/mol. The Morgan fingerprint density at radius 3 is 1.74 bits per heavy atom. The molecule has 0 radical (unpaired) electrons. The molecule has 0 bridgehead atoms. The molecular weight excluding hydrogens is 320 g/mol. The summed E-state index contributed by atoms with van der Waals surface area (Å²) in [6, 6.07) is 12.2. The summed E-state index contributed by atoms with van der Waals surface area (Å²) in [5, 5.41) is 0. The minimum absolute atomic E-state index is 0.119. The highest BCUT2D eigenvalue weighted by Crippen LogP contribution is 2.19. The maximum atomic E-state index is 12.0. The molecule has 0 spiro atoms. The molecule has 0 aliphatic carbocycles. The van der Waals surface area contributed by atoms with Crippen LogP contribution in [-0.2, 0) is 10.1 Å². The lowest BCUT2D eigenvalue weighted by Crippen LogP contribution is -2.21. The number of ether oxygens (including phenoxy) is 2. The van der Waals surface area contributed by atoms with Crippen LogP contribution in [0.15, 0.2) is 48.5 Å². The summed E-state index contributed by atoms with van der Waals surface area (Å²) in [5.41, 5.74) is 0.271. The summed E-state index contributed by atoms with van der Waals surface area (Å²) < 4.78 is 38.8. The fourth-order valence-electron chi connectivity index (χ4n) is 1.83. The molecule has 2 aromatic carbocycles. The van der Waals surface area contributed by atoms with Gasteiger partial charge in [-0.2, -0.15) is 8.42 Å². The van der Waals surface area contributed by atoms with Crippen molar-refractivity contribution in [1.29, 1.82) is 0 Å². The number of methoxy groups -OCH3 is 2. The first-order valence-corrected chi connectivity index (χ1v) is 8.25. The molecule has 0 saturated carbocycles. The van der Waals surface area contributed by atoms with Gasteiger partial charge < -0.3 is 13.7 Å². The fraction of sp³-hybridized carbons (Fsp3) is 0.188. The van der Waals surface area contributed by atoms with Crippen molar-refractivity contribution >= 4 is 15.9 Å². The molecule has 0 N–H and O–H groups in total. The van der Waals surface area contributed by atoms with E-state index < -0.39 is 21.7 Å². The molecule has 0 fully saturated rings. The lowest BCUT2D eigenvalue weighted by atomic mass is 10.1. The lowest BCUT2D eigenvalue weighted by Gasteiger charge is -2.07. The molecule has 122 valence electrons. The first-order valence-electron chi connectivity index (χ1n) is 6.67. The zero-order chi connectivity index (χ0) is 16.9. The van der Waals surface area contributed by atoms with Crippen LogP contribution in [0, 0.1) is 0 Å². The van der Waals surface area contributed by atoms with Crippen LogP contribution in [0.4, 0.5) is 0 Å². The fourth-order valence-corrected chi connectivity index (χ4v) is 2.78. The molecule has 0 aromatic heterocycles. The van der Waals surface area contributed by atoms with Crippen molar-refractivity contribution in [2.24, 2.45) is 0 Å². The van der Waals surface area contributed by atoms with Gasteiger partial charge in [-0.3, -0.25) is 4.79 Å². The number of ketones is 1. The Morgan fingerprint density at radius 1 is 0.826 bits per heavy atom. The van der Waals surface area contributed by atoms with E-state index in [2.05, 4.69) is 0 Å². The number of benzene rings is 2. The molecule has 0 aliphatic rings. The van der Waals surface area contributed by atoms with E-state index in [-0.39, 0.29) is 11.3 Å². The third-order valence-corrected chi connectivity index (χ3v) is 4.06. The molecule has 6 nitrogen and oxygen atoms in total. The van der Waals surface area contributed by atoms with E-state index in [1.54, 1.807) is 24.3 Å². The summed E-state index contributed by atoms with van der Waals surface area (Å²) in [7, 11) is -1.03. The third-order valence-electron chi connectivity index (χ3n) is 3.00. The Hall–Kier alpha value is -2.54. The summed E-state index contributed by atoms with van der Waals surface area (Å²) in [6.07, 6.45) is 0. The van der Waals surface area contributed by atoms with E-state index in [0.29, 0.717) is 11.5 Å². The van der Waals surface area contributed by atoms with Gasteiger partial charge >= 0.3 is 10.1 Å².